The van der Waals surface area contributed by atoms with E-state index in [0.717, 1.165) is 5.69 Å². The number of methoxy groups -OCH3 is 1. The summed E-state index contributed by atoms with van der Waals surface area (Å²) in [5.74, 6) is -0.865. The summed E-state index contributed by atoms with van der Waals surface area (Å²) in [4.78, 5) is 27.6. The van der Waals surface area contributed by atoms with Crippen LogP contribution in [0.5, 0.6) is 5.88 Å². The van der Waals surface area contributed by atoms with Crippen molar-refractivity contribution in [1.82, 2.24) is 29.7 Å². The van der Waals surface area contributed by atoms with E-state index in [1.54, 1.807) is 25.3 Å². The van der Waals surface area contributed by atoms with E-state index in [4.69, 9.17) is 9.84 Å². The molecule has 0 unspecified atom stereocenters. The van der Waals surface area contributed by atoms with Gasteiger partial charge in [0.2, 0.25) is 5.88 Å². The van der Waals surface area contributed by atoms with E-state index in [9.17, 15) is 4.79 Å². The van der Waals surface area contributed by atoms with Gasteiger partial charge in [-0.05, 0) is 13.0 Å². The molecule has 1 N–H and O–H groups in total. The lowest BCUT2D eigenvalue weighted by molar-refractivity contribution is 0.0683. The monoisotopic (exact) mass is 312 g/mol. The van der Waals surface area contributed by atoms with Crippen molar-refractivity contribution in [3.8, 4) is 23.1 Å². The Morgan fingerprint density at radius 1 is 1.17 bits per heavy atom. The molecule has 3 heterocycles. The van der Waals surface area contributed by atoms with Gasteiger partial charge in [-0.2, -0.15) is 4.98 Å². The lowest BCUT2D eigenvalue weighted by atomic mass is 10.3. The highest BCUT2D eigenvalue weighted by Gasteiger charge is 2.19. The molecular weight excluding hydrogens is 300 g/mol. The largest absolute Gasteiger partial charge is 0.481 e. The number of carbonyl (C=O) groups is 1. The highest BCUT2D eigenvalue weighted by molar-refractivity contribution is 5.83. The molecule has 3 aromatic rings. The molecule has 0 aliphatic rings. The van der Waals surface area contributed by atoms with Crippen LogP contribution in [-0.2, 0) is 0 Å². The van der Waals surface area contributed by atoms with Gasteiger partial charge < -0.3 is 9.84 Å². The maximum absolute atomic E-state index is 11.2. The maximum atomic E-state index is 11.2. The number of pyridine rings is 1. The quantitative estimate of drug-likeness (QED) is 0.762. The van der Waals surface area contributed by atoms with E-state index in [-0.39, 0.29) is 11.6 Å². The SMILES string of the molecule is COc1ccc(-n2nc(C(=O)O)nc2-c2cnc(C)cn2)cn1. The van der Waals surface area contributed by atoms with Gasteiger partial charge >= 0.3 is 5.97 Å². The van der Waals surface area contributed by atoms with E-state index in [1.807, 2.05) is 0 Å². The minimum Gasteiger partial charge on any atom is -0.481 e. The summed E-state index contributed by atoms with van der Waals surface area (Å²) in [6, 6.07) is 3.33. The summed E-state index contributed by atoms with van der Waals surface area (Å²) in [7, 11) is 1.51. The zero-order valence-electron chi connectivity index (χ0n) is 12.3. The Labute approximate surface area is 130 Å². The van der Waals surface area contributed by atoms with Gasteiger partial charge in [0.25, 0.3) is 5.82 Å². The first-order valence-electron chi connectivity index (χ1n) is 6.58. The van der Waals surface area contributed by atoms with E-state index in [0.29, 0.717) is 17.3 Å². The fourth-order valence-electron chi connectivity index (χ4n) is 1.88. The molecule has 0 aliphatic heterocycles. The number of hydrogen-bond donors (Lipinski definition) is 1. The number of ether oxygens (including phenoxy) is 1. The molecule has 9 nitrogen and oxygen atoms in total. The third-order valence-electron chi connectivity index (χ3n) is 2.98. The van der Waals surface area contributed by atoms with Crippen LogP contribution in [0.2, 0.25) is 0 Å². The molecule has 0 bridgehead atoms. The number of carboxylic acids is 1. The van der Waals surface area contributed by atoms with Gasteiger partial charge in [-0.3, -0.25) is 4.98 Å². The Hall–Kier alpha value is -3.36. The van der Waals surface area contributed by atoms with Crippen LogP contribution in [0.3, 0.4) is 0 Å². The summed E-state index contributed by atoms with van der Waals surface area (Å²) in [6.45, 7) is 1.80. The van der Waals surface area contributed by atoms with Gasteiger partial charge in [-0.1, -0.05) is 0 Å². The fraction of sp³-hybridized carbons (Fsp3) is 0.143. The van der Waals surface area contributed by atoms with Crippen LogP contribution in [0.4, 0.5) is 0 Å². The summed E-state index contributed by atoms with van der Waals surface area (Å²) in [5.41, 5.74) is 1.68. The third-order valence-corrected chi connectivity index (χ3v) is 2.98. The first-order valence-corrected chi connectivity index (χ1v) is 6.58. The minimum absolute atomic E-state index is 0.266. The predicted molar refractivity (Wildman–Crippen MR) is 78.4 cm³/mol. The molecule has 0 aromatic carbocycles. The molecule has 0 amide bonds. The Morgan fingerprint density at radius 2 is 2.00 bits per heavy atom. The van der Waals surface area contributed by atoms with Crippen LogP contribution in [0.15, 0.2) is 30.7 Å². The molecule has 116 valence electrons. The van der Waals surface area contributed by atoms with Crippen molar-refractivity contribution in [3.05, 3.63) is 42.2 Å². The van der Waals surface area contributed by atoms with Gasteiger partial charge in [0.05, 0.1) is 30.9 Å². The van der Waals surface area contributed by atoms with Gasteiger partial charge in [0, 0.05) is 12.3 Å². The van der Waals surface area contributed by atoms with Crippen LogP contribution < -0.4 is 4.74 Å². The molecule has 0 atom stereocenters. The number of nitrogens with zero attached hydrogens (tertiary/aromatic N) is 6. The number of aromatic nitrogens is 6. The highest BCUT2D eigenvalue weighted by Crippen LogP contribution is 2.19. The second-order valence-corrected chi connectivity index (χ2v) is 4.58. The van der Waals surface area contributed by atoms with Gasteiger partial charge in [-0.25, -0.2) is 19.4 Å². The average Bonchev–Trinajstić information content (AvgIpc) is 3.01. The highest BCUT2D eigenvalue weighted by atomic mass is 16.5. The number of carboxylic acid groups (broad SMARTS) is 1. The molecule has 0 aliphatic carbocycles. The summed E-state index contributed by atoms with van der Waals surface area (Å²) >= 11 is 0. The maximum Gasteiger partial charge on any atom is 0.375 e. The summed E-state index contributed by atoms with van der Waals surface area (Å²) < 4.78 is 6.36. The Balaban J connectivity index is 2.13. The van der Waals surface area contributed by atoms with Crippen molar-refractivity contribution in [3.63, 3.8) is 0 Å². The smallest absolute Gasteiger partial charge is 0.375 e. The van der Waals surface area contributed by atoms with Crippen LogP contribution in [0, 0.1) is 6.92 Å². The van der Waals surface area contributed by atoms with Gasteiger partial charge in [0.15, 0.2) is 5.82 Å². The fourth-order valence-corrected chi connectivity index (χ4v) is 1.88. The summed E-state index contributed by atoms with van der Waals surface area (Å²) in [6.07, 6.45) is 4.59. The van der Waals surface area contributed by atoms with Crippen molar-refractivity contribution < 1.29 is 14.6 Å². The number of rotatable bonds is 4. The van der Waals surface area contributed by atoms with Crippen LogP contribution in [0.25, 0.3) is 17.2 Å². The molecule has 0 fully saturated rings. The topological polar surface area (TPSA) is 116 Å². The molecule has 0 saturated heterocycles. The zero-order valence-corrected chi connectivity index (χ0v) is 12.3. The molecule has 0 spiro atoms. The standard InChI is InChI=1S/C14H12N6O3/c1-8-5-16-10(7-15-8)13-18-12(14(21)22)19-20(13)9-3-4-11(23-2)17-6-9/h3-7H,1-2H3,(H,21,22). The van der Waals surface area contributed by atoms with Gasteiger partial charge in [0.1, 0.15) is 5.69 Å². The average molecular weight is 312 g/mol. The second-order valence-electron chi connectivity index (χ2n) is 4.58. The Bertz CT molecular complexity index is 842. The minimum atomic E-state index is -1.23. The Morgan fingerprint density at radius 3 is 2.57 bits per heavy atom. The number of aryl methyl sites for hydroxylation is 1. The molecule has 23 heavy (non-hydrogen) atoms. The van der Waals surface area contributed by atoms with E-state index >= 15 is 0 Å². The van der Waals surface area contributed by atoms with Crippen LogP contribution >= 0.6 is 0 Å². The lowest BCUT2D eigenvalue weighted by Crippen LogP contribution is -2.03. The lowest BCUT2D eigenvalue weighted by Gasteiger charge is -2.05. The van der Waals surface area contributed by atoms with E-state index in [1.165, 1.54) is 24.2 Å². The second kappa shape index (κ2) is 5.79. The molecule has 9 heteroatoms. The van der Waals surface area contributed by atoms with Crippen molar-refractivity contribution in [2.45, 2.75) is 6.92 Å². The van der Waals surface area contributed by atoms with E-state index < -0.39 is 5.97 Å². The van der Waals surface area contributed by atoms with Crippen molar-refractivity contribution in [2.24, 2.45) is 0 Å². The molecule has 3 aromatic heterocycles. The molecule has 0 radical (unpaired) electrons. The van der Waals surface area contributed by atoms with E-state index in [2.05, 4.69) is 25.0 Å². The predicted octanol–water partition coefficient (Wildman–Crippen LogP) is 1.13. The summed E-state index contributed by atoms with van der Waals surface area (Å²) in [5, 5.41) is 13.1. The first kappa shape index (κ1) is 14.6. The molecular formula is C14H12N6O3. The molecule has 3 rings (SSSR count). The normalized spacial score (nSPS) is 10.5. The zero-order chi connectivity index (χ0) is 16.4. The van der Waals surface area contributed by atoms with Crippen molar-refractivity contribution >= 4 is 5.97 Å². The van der Waals surface area contributed by atoms with Crippen molar-refractivity contribution in [1.29, 1.82) is 0 Å². The van der Waals surface area contributed by atoms with Crippen molar-refractivity contribution in [2.75, 3.05) is 7.11 Å². The number of hydrogen-bond acceptors (Lipinski definition) is 7. The van der Waals surface area contributed by atoms with Crippen LogP contribution in [0.1, 0.15) is 16.3 Å². The molecule has 0 saturated carbocycles. The number of aromatic carboxylic acids is 1. The van der Waals surface area contributed by atoms with Crippen LogP contribution in [-0.4, -0.2) is 47.9 Å². The van der Waals surface area contributed by atoms with Gasteiger partial charge in [-0.15, -0.1) is 5.10 Å². The third kappa shape index (κ3) is 2.84. The first-order chi connectivity index (χ1) is 11.1. The Kier molecular flexibility index (Phi) is 3.67.